The second-order valence-corrected chi connectivity index (χ2v) is 0. The topological polar surface area (TPSA) is 31.5 Å². The zero-order chi connectivity index (χ0) is 0. The van der Waals surface area contributed by atoms with Gasteiger partial charge in [0.25, 0.3) is 0 Å². The van der Waals surface area contributed by atoms with Crippen LogP contribution >= 0.6 is 0 Å². The van der Waals surface area contributed by atoms with Gasteiger partial charge in [-0.2, -0.15) is 0 Å². The molecule has 0 bridgehead atoms. The molecule has 1 nitrogen and oxygen atoms in total. The normalized spacial score (nSPS) is 0. The molecule has 0 rings (SSSR count). The van der Waals surface area contributed by atoms with E-state index in [0.29, 0.717) is 0 Å². The molecular weight excluding hydrogens is 75.3 g/mol. The van der Waals surface area contributed by atoms with Crippen molar-refractivity contribution in [1.82, 2.24) is 0 Å². The second kappa shape index (κ2) is 24.0. The summed E-state index contributed by atoms with van der Waals surface area (Å²) in [5.74, 6) is 0. The van der Waals surface area contributed by atoms with Crippen LogP contribution in [-0.2, 0) is 0 Å². The number of hydrogen-bond donors (Lipinski definition) is 0. The molecule has 0 radical (unpaired) electrons. The summed E-state index contributed by atoms with van der Waals surface area (Å²) in [4.78, 5) is 0. The summed E-state index contributed by atoms with van der Waals surface area (Å²) in [5, 5.41) is 0. The van der Waals surface area contributed by atoms with E-state index in [1.54, 1.807) is 0 Å². The Kier molecular flexibility index (Phi) is 289. The average molecular weight is 84.4 g/mol. The van der Waals surface area contributed by atoms with Gasteiger partial charge in [0.2, 0.25) is 0 Å². The fourth-order valence-electron chi connectivity index (χ4n) is 0. The van der Waals surface area contributed by atoms with Crippen LogP contribution in [0.1, 0.15) is 4.28 Å². The summed E-state index contributed by atoms with van der Waals surface area (Å²) in [6.45, 7) is 0. The maximum atomic E-state index is 0. The first-order chi connectivity index (χ1) is 0. The van der Waals surface area contributed by atoms with E-state index in [4.69, 9.17) is 0 Å². The molecule has 0 saturated heterocycles. The molecule has 0 aliphatic rings. The molecule has 0 unspecified atom stereocenters. The van der Waals surface area contributed by atoms with Crippen LogP contribution in [0.2, 0.25) is 0 Å². The Hall–Kier alpha value is 1.54. The Morgan fingerprint density at radius 3 is 1.25 bits per heavy atom. The average Bonchev–Trinajstić information content (AvgIpc) is 0. The molecule has 0 aromatic rings. The van der Waals surface area contributed by atoms with Crippen molar-refractivity contribution in [3.8, 4) is 0 Å². The van der Waals surface area contributed by atoms with Crippen LogP contribution < -0.4 is 18.9 Å². The summed E-state index contributed by atoms with van der Waals surface area (Å²) in [6.07, 6.45) is 0. The predicted molar refractivity (Wildman–Crippen MR) is 24.0 cm³/mol. The summed E-state index contributed by atoms with van der Waals surface area (Å²) in [6, 6.07) is 0. The van der Waals surface area contributed by atoms with Crippen molar-refractivity contribution in [1.29, 1.82) is 0 Å². The molecular formula is H9LiMgOSi. The molecule has 0 aliphatic carbocycles. The largest absolute Gasteiger partial charge is 2.00 e. The Morgan fingerprint density at radius 1 is 1.25 bits per heavy atom. The third-order valence-corrected chi connectivity index (χ3v) is 0. The molecule has 0 atom stereocenters. The van der Waals surface area contributed by atoms with E-state index in [2.05, 4.69) is 0 Å². The first-order valence-corrected chi connectivity index (χ1v) is 0. The van der Waals surface area contributed by atoms with Crippen molar-refractivity contribution >= 4 is 34.0 Å². The molecule has 0 aromatic carbocycles. The fraction of sp³-hybridized carbons (Fsp3) is 0. The van der Waals surface area contributed by atoms with Gasteiger partial charge in [-0.05, 0) is 11.0 Å². The molecule has 0 heterocycles. The minimum atomic E-state index is 0. The number of hydrogen-bond acceptors (Lipinski definition) is 0. The van der Waals surface area contributed by atoms with Crippen LogP contribution in [0.4, 0.5) is 0 Å². The van der Waals surface area contributed by atoms with Gasteiger partial charge in [-0.1, -0.05) is 0 Å². The van der Waals surface area contributed by atoms with Gasteiger partial charge in [0.1, 0.15) is 0 Å². The Balaban J connectivity index is 0. The van der Waals surface area contributed by atoms with E-state index < -0.39 is 0 Å². The molecule has 0 saturated carbocycles. The monoisotopic (exact) mass is 84.0 g/mol. The standard InChI is InChI=1S/Li.Mg.H2O.H4Si.3H/h;;1H2;1H4;;;/q+1;+2;;;3*-1. The quantitative estimate of drug-likeness (QED) is 0.263. The van der Waals surface area contributed by atoms with Crippen LogP contribution in [-0.4, -0.2) is 39.5 Å². The maximum Gasteiger partial charge on any atom is 2.00 e. The van der Waals surface area contributed by atoms with Crippen molar-refractivity contribution in [2.45, 2.75) is 0 Å². The maximum absolute atomic E-state index is 0. The van der Waals surface area contributed by atoms with Crippen LogP contribution in [0, 0.1) is 0 Å². The summed E-state index contributed by atoms with van der Waals surface area (Å²) >= 11 is 0. The first-order valence-electron chi connectivity index (χ1n) is 0. The van der Waals surface area contributed by atoms with Gasteiger partial charge in [0.05, 0.1) is 0 Å². The van der Waals surface area contributed by atoms with Gasteiger partial charge in [-0.15, -0.1) is 0 Å². The molecule has 4 heavy (non-hydrogen) atoms. The molecule has 0 spiro atoms. The van der Waals surface area contributed by atoms with Crippen molar-refractivity contribution in [3.05, 3.63) is 0 Å². The van der Waals surface area contributed by atoms with Crippen molar-refractivity contribution in [2.75, 3.05) is 0 Å². The van der Waals surface area contributed by atoms with Crippen molar-refractivity contribution in [2.24, 2.45) is 0 Å². The first kappa shape index (κ1) is 48.1. The molecule has 2 N–H and O–H groups in total. The van der Waals surface area contributed by atoms with Gasteiger partial charge >= 0.3 is 41.9 Å². The Morgan fingerprint density at radius 2 is 1.25 bits per heavy atom. The molecule has 0 aromatic heterocycles. The zero-order valence-corrected chi connectivity index (χ0v) is 3.62. The van der Waals surface area contributed by atoms with E-state index in [1.807, 2.05) is 0 Å². The van der Waals surface area contributed by atoms with Crippen LogP contribution in [0.3, 0.4) is 0 Å². The molecule has 0 fully saturated rings. The molecule has 0 aliphatic heterocycles. The van der Waals surface area contributed by atoms with E-state index in [-0.39, 0.29) is 62.6 Å². The third-order valence-electron chi connectivity index (χ3n) is 0. The van der Waals surface area contributed by atoms with E-state index in [0.717, 1.165) is 0 Å². The van der Waals surface area contributed by atoms with Crippen molar-refractivity contribution < 1.29 is 28.6 Å². The Bertz CT molecular complexity index is 14.9. The van der Waals surface area contributed by atoms with Crippen LogP contribution in [0.25, 0.3) is 0 Å². The van der Waals surface area contributed by atoms with Gasteiger partial charge in [-0.25, -0.2) is 0 Å². The fourth-order valence-corrected chi connectivity index (χ4v) is 0. The van der Waals surface area contributed by atoms with Gasteiger partial charge < -0.3 is 9.76 Å². The number of rotatable bonds is 0. The summed E-state index contributed by atoms with van der Waals surface area (Å²) in [7, 11) is 0. The van der Waals surface area contributed by atoms with Crippen LogP contribution in [0.5, 0.6) is 0 Å². The predicted octanol–water partition coefficient (Wildman–Crippen LogP) is -5.32. The molecule has 0 amide bonds. The van der Waals surface area contributed by atoms with E-state index in [1.165, 1.54) is 0 Å². The minimum absolute atomic E-state index is 0. The van der Waals surface area contributed by atoms with E-state index in [9.17, 15) is 0 Å². The van der Waals surface area contributed by atoms with Crippen LogP contribution in [0.15, 0.2) is 0 Å². The molecule has 22 valence electrons. The molecule has 4 heteroatoms. The smallest absolute Gasteiger partial charge is 1.00 e. The van der Waals surface area contributed by atoms with E-state index >= 15 is 0 Å². The minimum Gasteiger partial charge on any atom is -1.00 e. The Labute approximate surface area is 62.6 Å². The SMILES string of the molecule is O.[H-].[H-].[H-].[Li+].[Mg+2].[SiH4]. The summed E-state index contributed by atoms with van der Waals surface area (Å²) < 4.78 is 0. The van der Waals surface area contributed by atoms with Gasteiger partial charge in [0, 0.05) is 0 Å². The van der Waals surface area contributed by atoms with Gasteiger partial charge in [-0.3, -0.25) is 0 Å². The third kappa shape index (κ3) is 9.63. The van der Waals surface area contributed by atoms with Crippen molar-refractivity contribution in [3.63, 3.8) is 0 Å². The zero-order valence-electron chi connectivity index (χ0n) is 5.21. The van der Waals surface area contributed by atoms with Gasteiger partial charge in [0.15, 0.2) is 0 Å². The summed E-state index contributed by atoms with van der Waals surface area (Å²) in [5.41, 5.74) is 0. The second-order valence-electron chi connectivity index (χ2n) is 0.